The molecule has 0 aliphatic rings. The number of nitrogens with one attached hydrogen (secondary N) is 1. The second kappa shape index (κ2) is 6.04. The van der Waals surface area contributed by atoms with Crippen LogP contribution in [0.25, 0.3) is 0 Å². The van der Waals surface area contributed by atoms with Crippen molar-refractivity contribution in [3.8, 4) is 0 Å². The van der Waals surface area contributed by atoms with Gasteiger partial charge in [-0.1, -0.05) is 20.8 Å². The minimum Gasteiger partial charge on any atom is -0.399 e. The van der Waals surface area contributed by atoms with E-state index >= 15 is 0 Å². The third-order valence-corrected chi connectivity index (χ3v) is 5.08. The lowest BCUT2D eigenvalue weighted by atomic mass is 9.95. The van der Waals surface area contributed by atoms with Crippen LogP contribution < -0.4 is 11.1 Å². The summed E-state index contributed by atoms with van der Waals surface area (Å²) in [6.45, 7) is 5.42. The highest BCUT2D eigenvalue weighted by molar-refractivity contribution is 7.91. The molecule has 2 aromatic carbocycles. The molecule has 0 spiro atoms. The maximum absolute atomic E-state index is 12.5. The first kappa shape index (κ1) is 17.0. The molecule has 0 saturated carbocycles. The fourth-order valence-electron chi connectivity index (χ4n) is 1.82. The SMILES string of the molecule is CC(C)(C)C(=O)Nc1ccc(S(=O)(=O)c2ccc(N)cc2)cc1. The number of nitrogens with two attached hydrogens (primary N) is 1. The van der Waals surface area contributed by atoms with Gasteiger partial charge in [0.2, 0.25) is 15.7 Å². The Morgan fingerprint density at radius 3 is 1.78 bits per heavy atom. The molecule has 2 rings (SSSR count). The van der Waals surface area contributed by atoms with E-state index in [2.05, 4.69) is 5.32 Å². The van der Waals surface area contributed by atoms with Gasteiger partial charge in [0.25, 0.3) is 0 Å². The van der Waals surface area contributed by atoms with Gasteiger partial charge in [-0.3, -0.25) is 4.79 Å². The Hall–Kier alpha value is -2.34. The van der Waals surface area contributed by atoms with E-state index in [0.29, 0.717) is 11.4 Å². The van der Waals surface area contributed by atoms with E-state index in [0.717, 1.165) is 0 Å². The summed E-state index contributed by atoms with van der Waals surface area (Å²) >= 11 is 0. The van der Waals surface area contributed by atoms with E-state index in [1.54, 1.807) is 24.3 Å². The van der Waals surface area contributed by atoms with Crippen molar-refractivity contribution in [2.45, 2.75) is 30.6 Å². The number of hydrogen-bond acceptors (Lipinski definition) is 4. The number of benzene rings is 2. The lowest BCUT2D eigenvalue weighted by Crippen LogP contribution is -2.27. The Bertz CT molecular complexity index is 802. The molecule has 0 fully saturated rings. The monoisotopic (exact) mass is 332 g/mol. The molecule has 0 saturated heterocycles. The van der Waals surface area contributed by atoms with Crippen molar-refractivity contribution in [3.63, 3.8) is 0 Å². The lowest BCUT2D eigenvalue weighted by Gasteiger charge is -2.17. The van der Waals surface area contributed by atoms with Gasteiger partial charge in [0.1, 0.15) is 0 Å². The zero-order valence-corrected chi connectivity index (χ0v) is 14.1. The standard InChI is InChI=1S/C17H20N2O3S/c1-17(2,3)16(20)19-13-6-10-15(11-7-13)23(21,22)14-8-4-12(18)5-9-14/h4-11H,18H2,1-3H3,(H,19,20). The van der Waals surface area contributed by atoms with Crippen molar-refractivity contribution >= 4 is 27.1 Å². The minimum absolute atomic E-state index is 0.133. The number of anilines is 2. The number of amides is 1. The summed E-state index contributed by atoms with van der Waals surface area (Å²) in [5, 5.41) is 2.76. The molecule has 0 heterocycles. The van der Waals surface area contributed by atoms with Crippen LogP contribution in [0.1, 0.15) is 20.8 Å². The fraction of sp³-hybridized carbons (Fsp3) is 0.235. The molecule has 23 heavy (non-hydrogen) atoms. The Kier molecular flexibility index (Phi) is 4.47. The second-order valence-electron chi connectivity index (χ2n) is 6.30. The van der Waals surface area contributed by atoms with Gasteiger partial charge in [0.15, 0.2) is 0 Å². The topological polar surface area (TPSA) is 89.3 Å². The molecule has 0 aliphatic carbocycles. The Morgan fingerprint density at radius 2 is 1.35 bits per heavy atom. The largest absolute Gasteiger partial charge is 0.399 e. The fourth-order valence-corrected chi connectivity index (χ4v) is 3.08. The third kappa shape index (κ3) is 3.90. The first-order valence-electron chi connectivity index (χ1n) is 7.13. The molecule has 0 unspecified atom stereocenters. The molecule has 3 N–H and O–H groups in total. The van der Waals surface area contributed by atoms with Crippen molar-refractivity contribution in [2.75, 3.05) is 11.1 Å². The summed E-state index contributed by atoms with van der Waals surface area (Å²) < 4.78 is 25.0. The average Bonchev–Trinajstić information content (AvgIpc) is 2.47. The van der Waals surface area contributed by atoms with Crippen LogP contribution in [0.4, 0.5) is 11.4 Å². The van der Waals surface area contributed by atoms with Crippen molar-refractivity contribution in [1.29, 1.82) is 0 Å². The predicted octanol–water partition coefficient (Wildman–Crippen LogP) is 3.09. The van der Waals surface area contributed by atoms with Crippen LogP contribution in [-0.2, 0) is 14.6 Å². The normalized spacial score (nSPS) is 12.0. The van der Waals surface area contributed by atoms with E-state index in [4.69, 9.17) is 5.73 Å². The van der Waals surface area contributed by atoms with E-state index < -0.39 is 15.3 Å². The number of rotatable bonds is 3. The van der Waals surface area contributed by atoms with Crippen LogP contribution in [0.15, 0.2) is 58.3 Å². The molecule has 122 valence electrons. The van der Waals surface area contributed by atoms with E-state index in [9.17, 15) is 13.2 Å². The van der Waals surface area contributed by atoms with Gasteiger partial charge in [-0.05, 0) is 48.5 Å². The molecule has 6 heteroatoms. The Morgan fingerprint density at radius 1 is 0.913 bits per heavy atom. The molecule has 0 radical (unpaired) electrons. The minimum atomic E-state index is -3.60. The second-order valence-corrected chi connectivity index (χ2v) is 8.25. The summed E-state index contributed by atoms with van der Waals surface area (Å²) in [5.41, 5.74) is 6.12. The molecule has 0 aromatic heterocycles. The highest BCUT2D eigenvalue weighted by Crippen LogP contribution is 2.24. The van der Waals surface area contributed by atoms with Crippen molar-refractivity contribution in [2.24, 2.45) is 5.41 Å². The quantitative estimate of drug-likeness (QED) is 0.845. The molecule has 2 aromatic rings. The molecule has 0 bridgehead atoms. The highest BCUT2D eigenvalue weighted by atomic mass is 32.2. The molecule has 0 atom stereocenters. The van der Waals surface area contributed by atoms with Crippen LogP contribution >= 0.6 is 0 Å². The van der Waals surface area contributed by atoms with Gasteiger partial charge in [0, 0.05) is 16.8 Å². The van der Waals surface area contributed by atoms with Crippen LogP contribution in [-0.4, -0.2) is 14.3 Å². The summed E-state index contributed by atoms with van der Waals surface area (Å²) in [6.07, 6.45) is 0. The van der Waals surface area contributed by atoms with E-state index in [-0.39, 0.29) is 15.7 Å². The molecule has 0 aliphatic heterocycles. The zero-order valence-electron chi connectivity index (χ0n) is 13.3. The summed E-state index contributed by atoms with van der Waals surface area (Å²) in [4.78, 5) is 12.3. The molecule has 5 nitrogen and oxygen atoms in total. The van der Waals surface area contributed by atoms with Crippen molar-refractivity contribution in [3.05, 3.63) is 48.5 Å². The number of sulfone groups is 1. The molecular formula is C17H20N2O3S. The van der Waals surface area contributed by atoms with Crippen LogP contribution in [0.2, 0.25) is 0 Å². The number of carbonyl (C=O) groups is 1. The van der Waals surface area contributed by atoms with Gasteiger partial charge >= 0.3 is 0 Å². The molecular weight excluding hydrogens is 312 g/mol. The van der Waals surface area contributed by atoms with Crippen molar-refractivity contribution < 1.29 is 13.2 Å². The molecule has 1 amide bonds. The number of hydrogen-bond donors (Lipinski definition) is 2. The Labute approximate surface area is 136 Å². The van der Waals surface area contributed by atoms with Gasteiger partial charge in [-0.15, -0.1) is 0 Å². The first-order valence-corrected chi connectivity index (χ1v) is 8.61. The maximum Gasteiger partial charge on any atom is 0.229 e. The summed E-state index contributed by atoms with van der Waals surface area (Å²) in [5.74, 6) is -0.133. The van der Waals surface area contributed by atoms with Crippen molar-refractivity contribution in [1.82, 2.24) is 0 Å². The number of nitrogen functional groups attached to an aromatic ring is 1. The van der Waals surface area contributed by atoms with Crippen LogP contribution in [0, 0.1) is 5.41 Å². The number of carbonyl (C=O) groups excluding carboxylic acids is 1. The Balaban J connectivity index is 2.25. The summed E-state index contributed by atoms with van der Waals surface area (Å²) in [6, 6.07) is 12.1. The zero-order chi connectivity index (χ0) is 17.3. The smallest absolute Gasteiger partial charge is 0.229 e. The lowest BCUT2D eigenvalue weighted by molar-refractivity contribution is -0.123. The van der Waals surface area contributed by atoms with E-state index in [1.807, 2.05) is 20.8 Å². The van der Waals surface area contributed by atoms with Gasteiger partial charge in [-0.25, -0.2) is 8.42 Å². The van der Waals surface area contributed by atoms with Gasteiger partial charge in [-0.2, -0.15) is 0 Å². The van der Waals surface area contributed by atoms with Crippen LogP contribution in [0.3, 0.4) is 0 Å². The van der Waals surface area contributed by atoms with E-state index in [1.165, 1.54) is 24.3 Å². The van der Waals surface area contributed by atoms with Gasteiger partial charge < -0.3 is 11.1 Å². The maximum atomic E-state index is 12.5. The van der Waals surface area contributed by atoms with Gasteiger partial charge in [0.05, 0.1) is 9.79 Å². The predicted molar refractivity (Wildman–Crippen MR) is 90.8 cm³/mol. The third-order valence-electron chi connectivity index (χ3n) is 3.29. The first-order chi connectivity index (χ1) is 10.6. The summed E-state index contributed by atoms with van der Waals surface area (Å²) in [7, 11) is -3.60. The van der Waals surface area contributed by atoms with Crippen LogP contribution in [0.5, 0.6) is 0 Å². The average molecular weight is 332 g/mol. The highest BCUT2D eigenvalue weighted by Gasteiger charge is 2.22.